The van der Waals surface area contributed by atoms with Gasteiger partial charge in [0.05, 0.1) is 5.41 Å². The molecule has 2 nitrogen and oxygen atoms in total. The third kappa shape index (κ3) is 3.40. The van der Waals surface area contributed by atoms with Gasteiger partial charge in [-0.1, -0.05) is 48.7 Å². The van der Waals surface area contributed by atoms with Crippen LogP contribution in [0.15, 0.2) is 48.5 Å². The van der Waals surface area contributed by atoms with Gasteiger partial charge in [0.2, 0.25) is 0 Å². The fraction of sp³-hybridized carbons (Fsp3) is 0.316. The van der Waals surface area contributed by atoms with E-state index in [1.165, 1.54) is 12.1 Å². The lowest BCUT2D eigenvalue weighted by molar-refractivity contribution is -0.152. The lowest BCUT2D eigenvalue weighted by atomic mass is 9.79. The molecule has 0 atom stereocenters. The molecular weight excluding hydrogens is 315 g/mol. The molecule has 2 aromatic rings. The third-order valence-corrected chi connectivity index (χ3v) is 4.74. The zero-order valence-corrected chi connectivity index (χ0v) is 13.5. The Bertz CT molecular complexity index is 691. The van der Waals surface area contributed by atoms with E-state index >= 15 is 0 Å². The van der Waals surface area contributed by atoms with Crippen molar-refractivity contribution in [1.29, 1.82) is 0 Å². The number of carbonyl (C=O) groups excluding carboxylic acids is 1. The minimum absolute atomic E-state index is 0.197. The van der Waals surface area contributed by atoms with Crippen molar-refractivity contribution < 1.29 is 13.9 Å². The molecular formula is C19H18ClFO2. The molecule has 0 aliphatic heterocycles. The molecule has 3 rings (SSSR count). The average Bonchev–Trinajstić information content (AvgIpc) is 3.04. The maximum atomic E-state index is 13.2. The predicted molar refractivity (Wildman–Crippen MR) is 87.8 cm³/mol. The number of benzene rings is 2. The Balaban J connectivity index is 1.78. The Morgan fingerprint density at radius 1 is 1.13 bits per heavy atom. The highest BCUT2D eigenvalue weighted by Gasteiger charge is 2.44. The van der Waals surface area contributed by atoms with Crippen LogP contribution in [0.5, 0.6) is 0 Å². The van der Waals surface area contributed by atoms with Crippen LogP contribution in [0.4, 0.5) is 4.39 Å². The molecule has 1 saturated carbocycles. The van der Waals surface area contributed by atoms with E-state index < -0.39 is 5.41 Å². The summed E-state index contributed by atoms with van der Waals surface area (Å²) in [5.74, 6) is -0.532. The van der Waals surface area contributed by atoms with E-state index in [9.17, 15) is 9.18 Å². The largest absolute Gasteiger partial charge is 0.460 e. The van der Waals surface area contributed by atoms with Crippen molar-refractivity contribution in [2.24, 2.45) is 0 Å². The zero-order valence-electron chi connectivity index (χ0n) is 12.7. The third-order valence-electron chi connectivity index (χ3n) is 4.50. The van der Waals surface area contributed by atoms with Crippen molar-refractivity contribution in [3.05, 3.63) is 70.5 Å². The Morgan fingerprint density at radius 2 is 1.83 bits per heavy atom. The van der Waals surface area contributed by atoms with E-state index in [0.717, 1.165) is 36.8 Å². The second kappa shape index (κ2) is 6.71. The Morgan fingerprint density at radius 3 is 2.48 bits per heavy atom. The molecule has 2 aromatic carbocycles. The van der Waals surface area contributed by atoms with Crippen molar-refractivity contribution in [1.82, 2.24) is 0 Å². The summed E-state index contributed by atoms with van der Waals surface area (Å²) in [4.78, 5) is 12.8. The summed E-state index contributed by atoms with van der Waals surface area (Å²) in [5.41, 5.74) is 1.05. The number of ether oxygens (including phenoxy) is 1. The second-order valence-electron chi connectivity index (χ2n) is 6.00. The summed E-state index contributed by atoms with van der Waals surface area (Å²) >= 11 is 5.95. The van der Waals surface area contributed by atoms with Crippen LogP contribution >= 0.6 is 11.6 Å². The highest BCUT2D eigenvalue weighted by atomic mass is 35.5. The normalized spacial score (nSPS) is 16.3. The standard InChI is InChI=1S/C19H18ClFO2/c20-16-5-3-4-14(12-16)13-23-18(22)19(10-1-2-11-19)15-6-8-17(21)9-7-15/h3-9,12H,1-2,10-11,13H2. The van der Waals surface area contributed by atoms with E-state index in [4.69, 9.17) is 16.3 Å². The topological polar surface area (TPSA) is 26.3 Å². The molecule has 23 heavy (non-hydrogen) atoms. The molecule has 0 heterocycles. The summed E-state index contributed by atoms with van der Waals surface area (Å²) in [6.07, 6.45) is 3.44. The fourth-order valence-corrected chi connectivity index (χ4v) is 3.48. The zero-order chi connectivity index (χ0) is 16.3. The van der Waals surface area contributed by atoms with Gasteiger partial charge in [-0.3, -0.25) is 4.79 Å². The molecule has 0 N–H and O–H groups in total. The molecule has 0 aromatic heterocycles. The number of halogens is 2. The first-order valence-electron chi connectivity index (χ1n) is 7.78. The van der Waals surface area contributed by atoms with Gasteiger partial charge in [0.15, 0.2) is 0 Å². The van der Waals surface area contributed by atoms with Gasteiger partial charge >= 0.3 is 5.97 Å². The summed E-state index contributed by atoms with van der Waals surface area (Å²) in [6.45, 7) is 0.197. The number of hydrogen-bond donors (Lipinski definition) is 0. The van der Waals surface area contributed by atoms with Gasteiger partial charge in [-0.25, -0.2) is 4.39 Å². The summed E-state index contributed by atoms with van der Waals surface area (Å²) in [5, 5.41) is 0.618. The molecule has 0 unspecified atom stereocenters. The van der Waals surface area contributed by atoms with Crippen molar-refractivity contribution >= 4 is 17.6 Å². The highest BCUT2D eigenvalue weighted by molar-refractivity contribution is 6.30. The number of carbonyl (C=O) groups is 1. The molecule has 0 bridgehead atoms. The molecule has 1 aliphatic carbocycles. The van der Waals surface area contributed by atoms with Crippen LogP contribution in [0.3, 0.4) is 0 Å². The van der Waals surface area contributed by atoms with Crippen molar-refractivity contribution in [2.75, 3.05) is 0 Å². The SMILES string of the molecule is O=C(OCc1cccc(Cl)c1)C1(c2ccc(F)cc2)CCCC1. The summed E-state index contributed by atoms with van der Waals surface area (Å²) < 4.78 is 18.7. The smallest absolute Gasteiger partial charge is 0.316 e. The van der Waals surface area contributed by atoms with Crippen LogP contribution in [0, 0.1) is 5.82 Å². The van der Waals surface area contributed by atoms with Crippen LogP contribution in [-0.2, 0) is 21.6 Å². The first-order chi connectivity index (χ1) is 11.1. The molecule has 120 valence electrons. The number of rotatable bonds is 4. The van der Waals surface area contributed by atoms with Crippen molar-refractivity contribution in [2.45, 2.75) is 37.7 Å². The van der Waals surface area contributed by atoms with Crippen LogP contribution in [0.2, 0.25) is 5.02 Å². The second-order valence-corrected chi connectivity index (χ2v) is 6.44. The fourth-order valence-electron chi connectivity index (χ4n) is 3.27. The quantitative estimate of drug-likeness (QED) is 0.734. The van der Waals surface area contributed by atoms with Crippen molar-refractivity contribution in [3.63, 3.8) is 0 Å². The minimum Gasteiger partial charge on any atom is -0.460 e. The summed E-state index contributed by atoms with van der Waals surface area (Å²) in [7, 11) is 0. The lowest BCUT2D eigenvalue weighted by Crippen LogP contribution is -2.34. The molecule has 0 amide bonds. The molecule has 4 heteroatoms. The maximum absolute atomic E-state index is 13.2. The molecule has 1 fully saturated rings. The van der Waals surface area contributed by atoms with E-state index in [1.807, 2.05) is 12.1 Å². The summed E-state index contributed by atoms with van der Waals surface area (Å²) in [6, 6.07) is 13.5. The van der Waals surface area contributed by atoms with Gasteiger partial charge in [0, 0.05) is 5.02 Å². The van der Waals surface area contributed by atoms with Gasteiger partial charge in [-0.05, 0) is 48.2 Å². The monoisotopic (exact) mass is 332 g/mol. The van der Waals surface area contributed by atoms with E-state index in [2.05, 4.69) is 0 Å². The highest BCUT2D eigenvalue weighted by Crippen LogP contribution is 2.42. The molecule has 0 saturated heterocycles. The number of hydrogen-bond acceptors (Lipinski definition) is 2. The van der Waals surface area contributed by atoms with Crippen LogP contribution < -0.4 is 0 Å². The Hall–Kier alpha value is -1.87. The van der Waals surface area contributed by atoms with E-state index in [1.54, 1.807) is 24.3 Å². The van der Waals surface area contributed by atoms with Gasteiger partial charge in [0.25, 0.3) is 0 Å². The first-order valence-corrected chi connectivity index (χ1v) is 8.16. The number of esters is 1. The Labute approximate surface area is 140 Å². The van der Waals surface area contributed by atoms with Gasteiger partial charge in [0.1, 0.15) is 12.4 Å². The average molecular weight is 333 g/mol. The molecule has 0 spiro atoms. The van der Waals surface area contributed by atoms with Crippen molar-refractivity contribution in [3.8, 4) is 0 Å². The molecule has 0 radical (unpaired) electrons. The Kier molecular flexibility index (Phi) is 4.67. The van der Waals surface area contributed by atoms with Crippen LogP contribution in [-0.4, -0.2) is 5.97 Å². The van der Waals surface area contributed by atoms with E-state index in [0.29, 0.717) is 5.02 Å². The first kappa shape index (κ1) is 16.0. The predicted octanol–water partition coefficient (Wildman–Crippen LogP) is 5.03. The lowest BCUT2D eigenvalue weighted by Gasteiger charge is -2.27. The van der Waals surface area contributed by atoms with Gasteiger partial charge in [-0.15, -0.1) is 0 Å². The van der Waals surface area contributed by atoms with Crippen LogP contribution in [0.25, 0.3) is 0 Å². The minimum atomic E-state index is -0.647. The van der Waals surface area contributed by atoms with Crippen LogP contribution in [0.1, 0.15) is 36.8 Å². The maximum Gasteiger partial charge on any atom is 0.316 e. The van der Waals surface area contributed by atoms with Gasteiger partial charge in [-0.2, -0.15) is 0 Å². The van der Waals surface area contributed by atoms with Gasteiger partial charge < -0.3 is 4.74 Å². The van der Waals surface area contributed by atoms with E-state index in [-0.39, 0.29) is 18.4 Å². The molecule has 1 aliphatic rings.